The largest absolute Gasteiger partial charge is 0.501 e. The van der Waals surface area contributed by atoms with Gasteiger partial charge in [-0.05, 0) is 54.4 Å². The van der Waals surface area contributed by atoms with Crippen LogP contribution in [0.25, 0.3) is 0 Å². The first-order chi connectivity index (χ1) is 16.5. The van der Waals surface area contributed by atoms with Gasteiger partial charge < -0.3 is 40.8 Å². The third kappa shape index (κ3) is 11.4. The minimum Gasteiger partial charge on any atom is -0.381 e. The second kappa shape index (κ2) is 18.3. The molecule has 1 rings (SSSR count). The lowest BCUT2D eigenvalue weighted by atomic mass is 9.88. The van der Waals surface area contributed by atoms with Gasteiger partial charge in [-0.2, -0.15) is 0 Å². The SMILES string of the molecule is CCO[Si](CCCOCC1(COCCC[Si](OCC)(OCC)OCC)COC1)(OCC)OCC. The van der Waals surface area contributed by atoms with Crippen LogP contribution in [-0.2, 0) is 40.8 Å². The summed E-state index contributed by atoms with van der Waals surface area (Å²) in [6.45, 7) is 19.2. The van der Waals surface area contributed by atoms with Crippen LogP contribution in [0.3, 0.4) is 0 Å². The van der Waals surface area contributed by atoms with Gasteiger partial charge in [-0.25, -0.2) is 0 Å². The van der Waals surface area contributed by atoms with Crippen LogP contribution in [-0.4, -0.2) is 96.9 Å². The monoisotopic (exact) mass is 526 g/mol. The highest BCUT2D eigenvalue weighted by atomic mass is 28.4. The van der Waals surface area contributed by atoms with E-state index in [2.05, 4.69) is 0 Å². The van der Waals surface area contributed by atoms with E-state index in [9.17, 15) is 0 Å². The van der Waals surface area contributed by atoms with Crippen molar-refractivity contribution in [2.75, 3.05) is 79.3 Å². The number of rotatable bonds is 24. The summed E-state index contributed by atoms with van der Waals surface area (Å²) < 4.78 is 53.0. The Labute approximate surface area is 209 Å². The van der Waals surface area contributed by atoms with Crippen LogP contribution in [0.5, 0.6) is 0 Å². The molecule has 0 spiro atoms. The van der Waals surface area contributed by atoms with Crippen molar-refractivity contribution in [3.8, 4) is 0 Å². The van der Waals surface area contributed by atoms with Crippen molar-refractivity contribution in [2.24, 2.45) is 5.41 Å². The third-order valence-corrected chi connectivity index (χ3v) is 11.7. The Morgan fingerprint density at radius 2 is 0.882 bits per heavy atom. The first kappa shape index (κ1) is 32.1. The summed E-state index contributed by atoms with van der Waals surface area (Å²) >= 11 is 0. The lowest BCUT2D eigenvalue weighted by molar-refractivity contribution is -0.177. The van der Waals surface area contributed by atoms with E-state index in [1.807, 2.05) is 41.5 Å². The second-order valence-electron chi connectivity index (χ2n) is 8.27. The first-order valence-electron chi connectivity index (χ1n) is 13.1. The molecule has 0 unspecified atom stereocenters. The Kier molecular flexibility index (Phi) is 17.3. The molecule has 1 saturated heterocycles. The van der Waals surface area contributed by atoms with E-state index in [-0.39, 0.29) is 5.41 Å². The van der Waals surface area contributed by atoms with Gasteiger partial charge in [-0.15, -0.1) is 0 Å². The molecule has 0 bridgehead atoms. The van der Waals surface area contributed by atoms with Crippen LogP contribution in [0.1, 0.15) is 54.4 Å². The van der Waals surface area contributed by atoms with E-state index < -0.39 is 17.6 Å². The average Bonchev–Trinajstić information content (AvgIpc) is 2.77. The molecule has 0 atom stereocenters. The molecular formula is C23H50O9Si2. The smallest absolute Gasteiger partial charge is 0.381 e. The molecule has 0 saturated carbocycles. The van der Waals surface area contributed by atoms with Crippen molar-refractivity contribution < 1.29 is 40.8 Å². The molecule has 0 aromatic carbocycles. The minimum absolute atomic E-state index is 0.0669. The van der Waals surface area contributed by atoms with Gasteiger partial charge in [0.15, 0.2) is 0 Å². The van der Waals surface area contributed by atoms with E-state index in [1.54, 1.807) is 0 Å². The average molecular weight is 527 g/mol. The Bertz CT molecular complexity index is 423. The quantitative estimate of drug-likeness (QED) is 0.137. The standard InChI is InChI=1S/C23H50O9Si2/c1-7-27-33(28-8-2,29-9-3)17-13-15-24-19-23(21-26-22-23)20-25-16-14-18-34(30-10-4,31-11-5)32-12-6/h7-22H2,1-6H3. The molecule has 0 amide bonds. The van der Waals surface area contributed by atoms with Crippen molar-refractivity contribution in [2.45, 2.75) is 66.5 Å². The molecule has 11 heteroatoms. The zero-order chi connectivity index (χ0) is 25.2. The van der Waals surface area contributed by atoms with Gasteiger partial charge in [0.05, 0.1) is 31.8 Å². The fraction of sp³-hybridized carbons (Fsp3) is 1.00. The van der Waals surface area contributed by atoms with Gasteiger partial charge >= 0.3 is 17.6 Å². The van der Waals surface area contributed by atoms with E-state index in [0.717, 1.165) is 24.9 Å². The van der Waals surface area contributed by atoms with Crippen molar-refractivity contribution in [1.29, 1.82) is 0 Å². The van der Waals surface area contributed by atoms with E-state index in [4.69, 9.17) is 40.8 Å². The third-order valence-electron chi connectivity index (χ3n) is 5.36. The topological polar surface area (TPSA) is 83.1 Å². The summed E-state index contributed by atoms with van der Waals surface area (Å²) in [6.07, 6.45) is 1.67. The summed E-state index contributed by atoms with van der Waals surface area (Å²) in [6, 6.07) is 1.52. The molecule has 34 heavy (non-hydrogen) atoms. The molecule has 1 aliphatic heterocycles. The highest BCUT2D eigenvalue weighted by Crippen LogP contribution is 2.29. The van der Waals surface area contributed by atoms with Crippen molar-refractivity contribution in [3.63, 3.8) is 0 Å². The normalized spacial score (nSPS) is 16.1. The molecule has 1 heterocycles. The maximum atomic E-state index is 6.02. The summed E-state index contributed by atoms with van der Waals surface area (Å²) in [5.41, 5.74) is -0.0669. The molecule has 0 aliphatic carbocycles. The van der Waals surface area contributed by atoms with Crippen LogP contribution in [0.4, 0.5) is 0 Å². The van der Waals surface area contributed by atoms with Crippen LogP contribution < -0.4 is 0 Å². The maximum Gasteiger partial charge on any atom is 0.501 e. The molecule has 0 aromatic heterocycles. The number of hydrogen-bond donors (Lipinski definition) is 0. The number of hydrogen-bond acceptors (Lipinski definition) is 9. The lowest BCUT2D eigenvalue weighted by Gasteiger charge is -2.40. The summed E-state index contributed by atoms with van der Waals surface area (Å²) in [4.78, 5) is 0. The van der Waals surface area contributed by atoms with E-state index >= 15 is 0 Å². The molecule has 1 aliphatic rings. The zero-order valence-electron chi connectivity index (χ0n) is 22.5. The molecule has 9 nitrogen and oxygen atoms in total. The highest BCUT2D eigenvalue weighted by Gasteiger charge is 2.42. The Morgan fingerprint density at radius 3 is 1.12 bits per heavy atom. The van der Waals surface area contributed by atoms with Gasteiger partial charge in [0.2, 0.25) is 0 Å². The Balaban J connectivity index is 2.36. The number of ether oxygens (including phenoxy) is 3. The van der Waals surface area contributed by atoms with Crippen molar-refractivity contribution in [3.05, 3.63) is 0 Å². The molecule has 1 fully saturated rings. The van der Waals surface area contributed by atoms with Crippen LogP contribution in [0, 0.1) is 5.41 Å². The van der Waals surface area contributed by atoms with Crippen LogP contribution in [0.15, 0.2) is 0 Å². The van der Waals surface area contributed by atoms with Gasteiger partial charge in [-0.1, -0.05) is 0 Å². The summed E-state index contributed by atoms with van der Waals surface area (Å²) in [5.74, 6) is 0. The fourth-order valence-electron chi connectivity index (χ4n) is 3.96. The second-order valence-corrected chi connectivity index (χ2v) is 13.7. The zero-order valence-corrected chi connectivity index (χ0v) is 24.5. The summed E-state index contributed by atoms with van der Waals surface area (Å²) in [7, 11) is -5.21. The lowest BCUT2D eigenvalue weighted by Crippen LogP contribution is -2.50. The Morgan fingerprint density at radius 1 is 0.559 bits per heavy atom. The van der Waals surface area contributed by atoms with Crippen LogP contribution in [0.2, 0.25) is 12.1 Å². The first-order valence-corrected chi connectivity index (χ1v) is 16.9. The maximum absolute atomic E-state index is 6.02. The molecular weight excluding hydrogens is 476 g/mol. The predicted octanol–water partition coefficient (Wildman–Crippen LogP) is 3.91. The van der Waals surface area contributed by atoms with E-state index in [0.29, 0.717) is 79.3 Å². The van der Waals surface area contributed by atoms with Gasteiger partial charge in [0.25, 0.3) is 0 Å². The fourth-order valence-corrected chi connectivity index (χ4v) is 9.12. The summed E-state index contributed by atoms with van der Waals surface area (Å²) in [5, 5.41) is 0. The molecule has 0 radical (unpaired) electrons. The van der Waals surface area contributed by atoms with E-state index in [1.165, 1.54) is 0 Å². The van der Waals surface area contributed by atoms with Gasteiger partial charge in [-0.3, -0.25) is 0 Å². The van der Waals surface area contributed by atoms with Gasteiger partial charge in [0, 0.05) is 64.9 Å². The molecule has 204 valence electrons. The minimum atomic E-state index is -2.61. The van der Waals surface area contributed by atoms with Crippen molar-refractivity contribution in [1.82, 2.24) is 0 Å². The van der Waals surface area contributed by atoms with Crippen molar-refractivity contribution >= 4 is 17.6 Å². The van der Waals surface area contributed by atoms with Gasteiger partial charge in [0.1, 0.15) is 0 Å². The van der Waals surface area contributed by atoms with Crippen LogP contribution >= 0.6 is 0 Å². The highest BCUT2D eigenvalue weighted by molar-refractivity contribution is 6.61. The molecule has 0 aromatic rings. The Hall–Kier alpha value is 0.0738. The predicted molar refractivity (Wildman–Crippen MR) is 135 cm³/mol. The molecule has 0 N–H and O–H groups in total.